The summed E-state index contributed by atoms with van der Waals surface area (Å²) in [4.78, 5) is 20.9. The molecule has 0 aliphatic carbocycles. The molecule has 0 bridgehead atoms. The molecule has 2 N–H and O–H groups in total. The number of nitrogens with zero attached hydrogens (tertiary/aromatic N) is 2. The topological polar surface area (TPSA) is 85.4 Å². The molecule has 7 nitrogen and oxygen atoms in total. The Hall–Kier alpha value is -3.61. The lowest BCUT2D eigenvalue weighted by Gasteiger charge is -2.14. The van der Waals surface area contributed by atoms with Crippen molar-refractivity contribution in [1.82, 2.24) is 9.97 Å². The summed E-state index contributed by atoms with van der Waals surface area (Å²) in [6.45, 7) is 3.86. The molecule has 0 spiro atoms. The van der Waals surface area contributed by atoms with Gasteiger partial charge in [0, 0.05) is 17.8 Å². The number of carbonyl (C=O) groups excluding carboxylic acids is 1. The summed E-state index contributed by atoms with van der Waals surface area (Å²) in [5.74, 6) is 1.48. The van der Waals surface area contributed by atoms with E-state index >= 15 is 0 Å². The number of rotatable bonds is 7. The first-order valence-corrected chi connectivity index (χ1v) is 8.85. The number of hydrogen-bond donors (Lipinski definition) is 2. The Morgan fingerprint density at radius 2 is 1.86 bits per heavy atom. The molecule has 0 saturated heterocycles. The van der Waals surface area contributed by atoms with Crippen molar-refractivity contribution in [2.75, 3.05) is 17.7 Å². The van der Waals surface area contributed by atoms with Crippen LogP contribution in [0, 0.1) is 0 Å². The predicted octanol–water partition coefficient (Wildman–Crippen LogP) is 4.27. The van der Waals surface area contributed by atoms with Crippen LogP contribution in [0.25, 0.3) is 0 Å². The van der Waals surface area contributed by atoms with Crippen molar-refractivity contribution in [3.05, 3.63) is 66.6 Å². The minimum Gasteiger partial charge on any atom is -0.497 e. The molecule has 0 aliphatic rings. The Bertz CT molecular complexity index is 960. The minimum absolute atomic E-state index is 0.00392. The third kappa shape index (κ3) is 4.97. The fourth-order valence-corrected chi connectivity index (χ4v) is 2.51. The molecule has 3 aromatic rings. The van der Waals surface area contributed by atoms with Gasteiger partial charge < -0.3 is 20.1 Å². The van der Waals surface area contributed by atoms with E-state index in [2.05, 4.69) is 20.6 Å². The third-order valence-corrected chi connectivity index (χ3v) is 3.74. The van der Waals surface area contributed by atoms with Crippen LogP contribution in [0.1, 0.15) is 24.3 Å². The monoisotopic (exact) mass is 378 g/mol. The highest BCUT2D eigenvalue weighted by atomic mass is 16.5. The molecular weight excluding hydrogens is 356 g/mol. The van der Waals surface area contributed by atoms with Gasteiger partial charge in [0.2, 0.25) is 0 Å². The fraction of sp³-hybridized carbons (Fsp3) is 0.190. The summed E-state index contributed by atoms with van der Waals surface area (Å²) in [6.07, 6.45) is 1.34. The van der Waals surface area contributed by atoms with Gasteiger partial charge in [-0.3, -0.25) is 4.79 Å². The van der Waals surface area contributed by atoms with Gasteiger partial charge in [0.15, 0.2) is 0 Å². The largest absolute Gasteiger partial charge is 0.497 e. The van der Waals surface area contributed by atoms with E-state index in [1.165, 1.54) is 6.33 Å². The second-order valence-corrected chi connectivity index (χ2v) is 6.26. The van der Waals surface area contributed by atoms with Crippen LogP contribution in [-0.4, -0.2) is 29.1 Å². The smallest absolute Gasteiger partial charge is 0.274 e. The van der Waals surface area contributed by atoms with Crippen LogP contribution in [0.15, 0.2) is 60.9 Å². The van der Waals surface area contributed by atoms with Crippen LogP contribution in [0.4, 0.5) is 17.2 Å². The molecule has 1 amide bonds. The van der Waals surface area contributed by atoms with Crippen molar-refractivity contribution < 1.29 is 14.3 Å². The van der Waals surface area contributed by atoms with Crippen molar-refractivity contribution in [1.29, 1.82) is 0 Å². The summed E-state index contributed by atoms with van der Waals surface area (Å²) in [5.41, 5.74) is 1.61. The molecule has 3 rings (SSSR count). The predicted molar refractivity (Wildman–Crippen MR) is 108 cm³/mol. The Kier molecular flexibility index (Phi) is 6.06. The van der Waals surface area contributed by atoms with Gasteiger partial charge in [-0.15, -0.1) is 0 Å². The average molecular weight is 378 g/mol. The maximum absolute atomic E-state index is 12.7. The lowest BCUT2D eigenvalue weighted by molar-refractivity contribution is 0.102. The van der Waals surface area contributed by atoms with E-state index < -0.39 is 0 Å². The van der Waals surface area contributed by atoms with Gasteiger partial charge in [0.05, 0.1) is 18.9 Å². The SMILES string of the molecule is COc1cccc(Nc2cc(C(=O)Nc3ccccc3OC(C)C)ncn2)c1. The number of para-hydroxylation sites is 2. The second-order valence-electron chi connectivity index (χ2n) is 6.26. The van der Waals surface area contributed by atoms with Crippen LogP contribution in [0.3, 0.4) is 0 Å². The Labute approximate surface area is 163 Å². The van der Waals surface area contributed by atoms with Gasteiger partial charge in [-0.1, -0.05) is 18.2 Å². The molecule has 0 atom stereocenters. The number of amides is 1. The fourth-order valence-electron chi connectivity index (χ4n) is 2.51. The maximum atomic E-state index is 12.7. The number of carbonyl (C=O) groups is 1. The Morgan fingerprint density at radius 1 is 1.04 bits per heavy atom. The Balaban J connectivity index is 1.76. The third-order valence-electron chi connectivity index (χ3n) is 3.74. The first kappa shape index (κ1) is 19.2. The summed E-state index contributed by atoms with van der Waals surface area (Å²) in [6, 6.07) is 16.3. The normalized spacial score (nSPS) is 10.4. The van der Waals surface area contributed by atoms with Crippen molar-refractivity contribution in [3.8, 4) is 11.5 Å². The number of ether oxygens (including phenoxy) is 2. The van der Waals surface area contributed by atoms with Crippen LogP contribution >= 0.6 is 0 Å². The number of benzene rings is 2. The van der Waals surface area contributed by atoms with Crippen LogP contribution in [-0.2, 0) is 0 Å². The molecule has 1 aromatic heterocycles. The van der Waals surface area contributed by atoms with Crippen molar-refractivity contribution >= 4 is 23.1 Å². The zero-order chi connectivity index (χ0) is 19.9. The maximum Gasteiger partial charge on any atom is 0.274 e. The van der Waals surface area contributed by atoms with Crippen molar-refractivity contribution in [3.63, 3.8) is 0 Å². The van der Waals surface area contributed by atoms with E-state index in [1.807, 2.05) is 56.3 Å². The van der Waals surface area contributed by atoms with Crippen molar-refractivity contribution in [2.45, 2.75) is 20.0 Å². The zero-order valence-electron chi connectivity index (χ0n) is 16.0. The van der Waals surface area contributed by atoms with E-state index in [0.717, 1.165) is 11.4 Å². The van der Waals surface area contributed by atoms with E-state index in [9.17, 15) is 4.79 Å². The van der Waals surface area contributed by atoms with E-state index in [4.69, 9.17) is 9.47 Å². The zero-order valence-corrected chi connectivity index (χ0v) is 16.0. The molecule has 0 saturated carbocycles. The van der Waals surface area contributed by atoms with E-state index in [-0.39, 0.29) is 17.7 Å². The van der Waals surface area contributed by atoms with Gasteiger partial charge in [0.1, 0.15) is 29.3 Å². The minimum atomic E-state index is -0.351. The molecule has 0 fully saturated rings. The molecule has 1 heterocycles. The molecule has 28 heavy (non-hydrogen) atoms. The number of methoxy groups -OCH3 is 1. The number of anilines is 3. The molecule has 0 aliphatic heterocycles. The number of aromatic nitrogens is 2. The van der Waals surface area contributed by atoms with Gasteiger partial charge in [-0.05, 0) is 38.1 Å². The summed E-state index contributed by atoms with van der Waals surface area (Å²) in [7, 11) is 1.60. The summed E-state index contributed by atoms with van der Waals surface area (Å²) >= 11 is 0. The Morgan fingerprint density at radius 3 is 2.64 bits per heavy atom. The highest BCUT2D eigenvalue weighted by Gasteiger charge is 2.13. The lowest BCUT2D eigenvalue weighted by Crippen LogP contribution is -2.16. The van der Waals surface area contributed by atoms with Crippen LogP contribution in [0.5, 0.6) is 11.5 Å². The van der Waals surface area contributed by atoms with Gasteiger partial charge in [0.25, 0.3) is 5.91 Å². The molecule has 2 aromatic carbocycles. The first-order chi connectivity index (χ1) is 13.5. The summed E-state index contributed by atoms with van der Waals surface area (Å²) in [5, 5.41) is 5.98. The molecule has 0 unspecified atom stereocenters. The highest BCUT2D eigenvalue weighted by Crippen LogP contribution is 2.25. The average Bonchev–Trinajstić information content (AvgIpc) is 2.69. The summed E-state index contributed by atoms with van der Waals surface area (Å²) < 4.78 is 10.9. The lowest BCUT2D eigenvalue weighted by atomic mass is 10.2. The highest BCUT2D eigenvalue weighted by molar-refractivity contribution is 6.04. The quantitative estimate of drug-likeness (QED) is 0.639. The second kappa shape index (κ2) is 8.85. The standard InChI is InChI=1S/C21H22N4O3/c1-14(2)28-19-10-5-4-9-17(19)25-21(26)18-12-20(23-13-22-18)24-15-7-6-8-16(11-15)27-3/h4-14H,1-3H3,(H,25,26)(H,22,23,24). The van der Waals surface area contributed by atoms with Crippen LogP contribution < -0.4 is 20.1 Å². The molecule has 7 heteroatoms. The van der Waals surface area contributed by atoms with Gasteiger partial charge >= 0.3 is 0 Å². The molecular formula is C21H22N4O3. The van der Waals surface area contributed by atoms with Gasteiger partial charge in [-0.2, -0.15) is 0 Å². The number of nitrogens with one attached hydrogen (secondary N) is 2. The first-order valence-electron chi connectivity index (χ1n) is 8.85. The van der Waals surface area contributed by atoms with E-state index in [1.54, 1.807) is 19.2 Å². The molecule has 0 radical (unpaired) electrons. The van der Waals surface area contributed by atoms with E-state index in [0.29, 0.717) is 17.3 Å². The van der Waals surface area contributed by atoms with Gasteiger partial charge in [-0.25, -0.2) is 9.97 Å². The molecule has 144 valence electrons. The number of hydrogen-bond acceptors (Lipinski definition) is 6. The van der Waals surface area contributed by atoms with Crippen molar-refractivity contribution in [2.24, 2.45) is 0 Å². The van der Waals surface area contributed by atoms with Crippen LogP contribution in [0.2, 0.25) is 0 Å².